The number of hydrogen-bond donors (Lipinski definition) is 1. The van der Waals surface area contributed by atoms with E-state index in [1.165, 1.54) is 56.0 Å². The largest absolute Gasteiger partial charge is 0.335 e. The molecule has 0 unspecified atom stereocenters. The molecule has 0 spiro atoms. The predicted octanol–water partition coefficient (Wildman–Crippen LogP) is 4.18. The maximum atomic E-state index is 12.2. The third-order valence-corrected chi connectivity index (χ3v) is 4.38. The minimum atomic E-state index is -0.151. The molecular formula is C19H29N3O. The molecule has 0 aliphatic carbocycles. The molecule has 126 valence electrons. The molecule has 0 bridgehead atoms. The first-order chi connectivity index (χ1) is 11.2. The standard InChI is InChI=1S/C19H29N3O/c1-2-3-4-5-6-7-8-9-10-15-18-21-17-14-12-11-13-16(17)19(23)22(18)20/h11-14H,2-10,15,20H2,1H3. The third-order valence-electron chi connectivity index (χ3n) is 4.38. The van der Waals surface area contributed by atoms with E-state index in [4.69, 9.17) is 5.84 Å². The van der Waals surface area contributed by atoms with E-state index in [2.05, 4.69) is 11.9 Å². The molecule has 1 aromatic carbocycles. The normalized spacial score (nSPS) is 11.2. The highest BCUT2D eigenvalue weighted by atomic mass is 16.1. The molecule has 1 heterocycles. The Morgan fingerprint density at radius 1 is 0.957 bits per heavy atom. The number of unbranched alkanes of at least 4 members (excludes halogenated alkanes) is 8. The molecule has 2 N–H and O–H groups in total. The molecule has 0 aliphatic rings. The van der Waals surface area contributed by atoms with Gasteiger partial charge in [0, 0.05) is 6.42 Å². The van der Waals surface area contributed by atoms with Gasteiger partial charge >= 0.3 is 0 Å². The van der Waals surface area contributed by atoms with Gasteiger partial charge in [-0.25, -0.2) is 9.66 Å². The molecular weight excluding hydrogens is 286 g/mol. The summed E-state index contributed by atoms with van der Waals surface area (Å²) in [6, 6.07) is 7.39. The monoisotopic (exact) mass is 315 g/mol. The van der Waals surface area contributed by atoms with Crippen LogP contribution >= 0.6 is 0 Å². The zero-order chi connectivity index (χ0) is 16.5. The average Bonchev–Trinajstić information content (AvgIpc) is 2.57. The molecule has 0 saturated carbocycles. The van der Waals surface area contributed by atoms with E-state index in [0.29, 0.717) is 11.2 Å². The molecule has 0 atom stereocenters. The summed E-state index contributed by atoms with van der Waals surface area (Å²) in [6.07, 6.45) is 12.3. The lowest BCUT2D eigenvalue weighted by atomic mass is 10.1. The number of nitrogens with zero attached hydrogens (tertiary/aromatic N) is 2. The van der Waals surface area contributed by atoms with E-state index in [9.17, 15) is 4.79 Å². The van der Waals surface area contributed by atoms with Crippen LogP contribution < -0.4 is 11.4 Å². The Morgan fingerprint density at radius 2 is 1.57 bits per heavy atom. The highest BCUT2D eigenvalue weighted by Gasteiger charge is 2.07. The zero-order valence-electron chi connectivity index (χ0n) is 14.3. The van der Waals surface area contributed by atoms with Crippen molar-refractivity contribution in [3.63, 3.8) is 0 Å². The number of fused-ring (bicyclic) bond motifs is 1. The van der Waals surface area contributed by atoms with Crippen LogP contribution in [0.1, 0.15) is 70.5 Å². The van der Waals surface area contributed by atoms with Gasteiger partial charge in [-0.2, -0.15) is 0 Å². The van der Waals surface area contributed by atoms with Crippen LogP contribution in [0.3, 0.4) is 0 Å². The molecule has 2 aromatic rings. The molecule has 1 aromatic heterocycles. The van der Waals surface area contributed by atoms with Crippen molar-refractivity contribution in [3.8, 4) is 0 Å². The van der Waals surface area contributed by atoms with Gasteiger partial charge in [0.1, 0.15) is 5.82 Å². The smallest absolute Gasteiger partial charge is 0.279 e. The second-order valence-electron chi connectivity index (χ2n) is 6.30. The summed E-state index contributed by atoms with van der Waals surface area (Å²) >= 11 is 0. The van der Waals surface area contributed by atoms with Crippen molar-refractivity contribution in [2.45, 2.75) is 71.1 Å². The van der Waals surface area contributed by atoms with Gasteiger partial charge in [-0.3, -0.25) is 4.79 Å². The average molecular weight is 315 g/mol. The number of nitrogens with two attached hydrogens (primary N) is 1. The van der Waals surface area contributed by atoms with E-state index in [1.807, 2.05) is 18.2 Å². The first-order valence-electron chi connectivity index (χ1n) is 8.99. The van der Waals surface area contributed by atoms with Gasteiger partial charge in [-0.1, -0.05) is 70.4 Å². The summed E-state index contributed by atoms with van der Waals surface area (Å²) in [5.41, 5.74) is 0.589. The Hall–Kier alpha value is -1.84. The maximum absolute atomic E-state index is 12.2. The minimum absolute atomic E-state index is 0.151. The van der Waals surface area contributed by atoms with Crippen LogP contribution in [0.15, 0.2) is 29.1 Å². The molecule has 0 fully saturated rings. The Bertz CT molecular complexity index is 663. The second kappa shape index (κ2) is 9.33. The molecule has 2 rings (SSSR count). The fourth-order valence-corrected chi connectivity index (χ4v) is 2.96. The topological polar surface area (TPSA) is 60.9 Å². The molecule has 4 nitrogen and oxygen atoms in total. The number of para-hydroxylation sites is 1. The van der Waals surface area contributed by atoms with Crippen molar-refractivity contribution in [2.24, 2.45) is 0 Å². The summed E-state index contributed by atoms with van der Waals surface area (Å²) in [5.74, 6) is 6.59. The second-order valence-corrected chi connectivity index (χ2v) is 6.30. The van der Waals surface area contributed by atoms with Crippen LogP contribution in [0.4, 0.5) is 0 Å². The Labute approximate surface area is 138 Å². The number of rotatable bonds is 10. The van der Waals surface area contributed by atoms with Crippen LogP contribution in [-0.2, 0) is 6.42 Å². The quantitative estimate of drug-likeness (QED) is 0.528. The van der Waals surface area contributed by atoms with E-state index in [-0.39, 0.29) is 5.56 Å². The minimum Gasteiger partial charge on any atom is -0.335 e. The third kappa shape index (κ3) is 5.08. The lowest BCUT2D eigenvalue weighted by Gasteiger charge is -2.08. The molecule has 0 radical (unpaired) electrons. The highest BCUT2D eigenvalue weighted by molar-refractivity contribution is 5.77. The van der Waals surface area contributed by atoms with Crippen LogP contribution in [0.25, 0.3) is 10.9 Å². The lowest BCUT2D eigenvalue weighted by molar-refractivity contribution is 0.559. The number of hydrogen-bond acceptors (Lipinski definition) is 3. The van der Waals surface area contributed by atoms with Gasteiger partial charge in [0.15, 0.2) is 0 Å². The number of aromatic nitrogens is 2. The first-order valence-corrected chi connectivity index (χ1v) is 8.99. The summed E-state index contributed by atoms with van der Waals surface area (Å²) in [5, 5.41) is 0.589. The van der Waals surface area contributed by atoms with Crippen molar-refractivity contribution >= 4 is 10.9 Å². The summed E-state index contributed by atoms with van der Waals surface area (Å²) < 4.78 is 1.22. The maximum Gasteiger partial charge on any atom is 0.279 e. The van der Waals surface area contributed by atoms with Crippen molar-refractivity contribution in [3.05, 3.63) is 40.4 Å². The van der Waals surface area contributed by atoms with Crippen LogP contribution in [0.2, 0.25) is 0 Å². The van der Waals surface area contributed by atoms with Crippen molar-refractivity contribution in [2.75, 3.05) is 5.84 Å². The molecule has 23 heavy (non-hydrogen) atoms. The lowest BCUT2D eigenvalue weighted by Crippen LogP contribution is -2.31. The van der Waals surface area contributed by atoms with Gasteiger partial charge in [-0.05, 0) is 18.6 Å². The van der Waals surface area contributed by atoms with Crippen molar-refractivity contribution < 1.29 is 0 Å². The summed E-state index contributed by atoms with van der Waals surface area (Å²) in [7, 11) is 0. The van der Waals surface area contributed by atoms with Crippen molar-refractivity contribution in [1.82, 2.24) is 9.66 Å². The fourth-order valence-electron chi connectivity index (χ4n) is 2.96. The zero-order valence-corrected chi connectivity index (χ0v) is 14.3. The van der Waals surface area contributed by atoms with Crippen molar-refractivity contribution in [1.29, 1.82) is 0 Å². The van der Waals surface area contributed by atoms with Gasteiger partial charge in [0.2, 0.25) is 0 Å². The van der Waals surface area contributed by atoms with Gasteiger partial charge in [0.05, 0.1) is 10.9 Å². The fraction of sp³-hybridized carbons (Fsp3) is 0.579. The molecule has 0 amide bonds. The Kier molecular flexibility index (Phi) is 7.11. The van der Waals surface area contributed by atoms with Crippen LogP contribution in [0, 0.1) is 0 Å². The SMILES string of the molecule is CCCCCCCCCCCc1nc2ccccc2c(=O)n1N. The first kappa shape index (κ1) is 17.5. The number of aryl methyl sites for hydroxylation is 1. The summed E-state index contributed by atoms with van der Waals surface area (Å²) in [6.45, 7) is 2.25. The Balaban J connectivity index is 1.77. The Morgan fingerprint density at radius 3 is 2.26 bits per heavy atom. The molecule has 0 aliphatic heterocycles. The summed E-state index contributed by atoms with van der Waals surface area (Å²) in [4.78, 5) is 16.7. The number of nitrogen functional groups attached to an aromatic ring is 1. The van der Waals surface area contributed by atoms with E-state index < -0.39 is 0 Å². The van der Waals surface area contributed by atoms with E-state index in [0.717, 1.165) is 18.4 Å². The predicted molar refractivity (Wildman–Crippen MR) is 97.1 cm³/mol. The van der Waals surface area contributed by atoms with Crippen LogP contribution in [0.5, 0.6) is 0 Å². The number of benzene rings is 1. The molecule has 0 saturated heterocycles. The van der Waals surface area contributed by atoms with Crippen LogP contribution in [-0.4, -0.2) is 9.66 Å². The van der Waals surface area contributed by atoms with E-state index >= 15 is 0 Å². The van der Waals surface area contributed by atoms with Gasteiger partial charge < -0.3 is 5.84 Å². The van der Waals surface area contributed by atoms with Gasteiger partial charge in [-0.15, -0.1) is 0 Å². The molecule has 4 heteroatoms. The highest BCUT2D eigenvalue weighted by Crippen LogP contribution is 2.12. The van der Waals surface area contributed by atoms with Gasteiger partial charge in [0.25, 0.3) is 5.56 Å². The van der Waals surface area contributed by atoms with E-state index in [1.54, 1.807) is 6.07 Å².